The Balaban J connectivity index is 2.28. The Bertz CT molecular complexity index is 779. The number of benzene rings is 1. The highest BCUT2D eigenvalue weighted by Crippen LogP contribution is 2.33. The summed E-state index contributed by atoms with van der Waals surface area (Å²) in [6, 6.07) is 11.0. The van der Waals surface area contributed by atoms with E-state index in [2.05, 4.69) is 66.0 Å². The highest BCUT2D eigenvalue weighted by molar-refractivity contribution is 7.71. The average molecular weight is 302 g/mol. The van der Waals surface area contributed by atoms with Crippen LogP contribution in [0.3, 0.4) is 0 Å². The molecule has 1 aromatic carbocycles. The molecule has 0 spiro atoms. The minimum absolute atomic E-state index is 0.290. The van der Waals surface area contributed by atoms with Crippen molar-refractivity contribution >= 4 is 34.6 Å². The fourth-order valence-corrected chi connectivity index (χ4v) is 4.03. The van der Waals surface area contributed by atoms with Gasteiger partial charge in [-0.2, -0.15) is 0 Å². The van der Waals surface area contributed by atoms with Crippen LogP contribution in [0.1, 0.15) is 30.3 Å². The maximum atomic E-state index is 5.58. The molecule has 4 heteroatoms. The summed E-state index contributed by atoms with van der Waals surface area (Å²) in [6.07, 6.45) is 0. The standard InChI is InChI=1S/C16H18N2S2/c1-10(2)15(14-5-4-8-20-14)18-13-9-11(3)6-7-12(13)17-16(18)19/h4-10,15H,1-3H3,(H,17,19). The second-order valence-electron chi connectivity index (χ2n) is 5.53. The first-order valence-electron chi connectivity index (χ1n) is 6.82. The van der Waals surface area contributed by atoms with E-state index in [9.17, 15) is 0 Å². The molecule has 0 saturated carbocycles. The largest absolute Gasteiger partial charge is 0.331 e. The van der Waals surface area contributed by atoms with Crippen molar-refractivity contribution in [3.8, 4) is 0 Å². The lowest BCUT2D eigenvalue weighted by Gasteiger charge is -2.22. The van der Waals surface area contributed by atoms with Crippen LogP contribution >= 0.6 is 23.6 Å². The molecule has 2 heterocycles. The number of imidazole rings is 1. The molecule has 3 rings (SSSR count). The molecule has 2 aromatic heterocycles. The second kappa shape index (κ2) is 5.19. The normalized spacial score (nSPS) is 13.2. The zero-order valence-electron chi connectivity index (χ0n) is 11.9. The van der Waals surface area contributed by atoms with Crippen LogP contribution in [0.15, 0.2) is 35.7 Å². The number of rotatable bonds is 3. The van der Waals surface area contributed by atoms with E-state index in [4.69, 9.17) is 12.2 Å². The minimum atomic E-state index is 0.290. The topological polar surface area (TPSA) is 20.7 Å². The van der Waals surface area contributed by atoms with Gasteiger partial charge in [0.15, 0.2) is 4.77 Å². The van der Waals surface area contributed by atoms with Crippen molar-refractivity contribution in [3.05, 3.63) is 50.9 Å². The summed E-state index contributed by atoms with van der Waals surface area (Å²) in [7, 11) is 0. The number of H-pyrrole nitrogens is 1. The molecule has 0 aliphatic rings. The molecule has 104 valence electrons. The summed E-state index contributed by atoms with van der Waals surface area (Å²) in [6.45, 7) is 6.62. The molecular weight excluding hydrogens is 284 g/mol. The quantitative estimate of drug-likeness (QED) is 0.650. The summed E-state index contributed by atoms with van der Waals surface area (Å²) in [5, 5.41) is 2.13. The van der Waals surface area contributed by atoms with Gasteiger partial charge in [-0.25, -0.2) is 0 Å². The molecule has 0 aliphatic heterocycles. The van der Waals surface area contributed by atoms with Crippen molar-refractivity contribution in [2.75, 3.05) is 0 Å². The molecule has 20 heavy (non-hydrogen) atoms. The molecule has 0 fully saturated rings. The van der Waals surface area contributed by atoms with Gasteiger partial charge in [-0.15, -0.1) is 11.3 Å². The first-order chi connectivity index (χ1) is 9.58. The number of hydrogen-bond donors (Lipinski definition) is 1. The SMILES string of the molecule is Cc1ccc2[nH]c(=S)n(C(c3cccs3)C(C)C)c2c1. The second-order valence-corrected chi connectivity index (χ2v) is 6.89. The van der Waals surface area contributed by atoms with Gasteiger partial charge in [0.05, 0.1) is 17.1 Å². The molecule has 0 aliphatic carbocycles. The fraction of sp³-hybridized carbons (Fsp3) is 0.312. The van der Waals surface area contributed by atoms with E-state index in [1.54, 1.807) is 11.3 Å². The first-order valence-corrected chi connectivity index (χ1v) is 8.11. The van der Waals surface area contributed by atoms with Crippen molar-refractivity contribution < 1.29 is 0 Å². The zero-order chi connectivity index (χ0) is 14.3. The van der Waals surface area contributed by atoms with E-state index < -0.39 is 0 Å². The molecule has 2 nitrogen and oxygen atoms in total. The third-order valence-electron chi connectivity index (χ3n) is 3.62. The summed E-state index contributed by atoms with van der Waals surface area (Å²) in [4.78, 5) is 4.69. The van der Waals surface area contributed by atoms with Gasteiger partial charge in [0.25, 0.3) is 0 Å². The van der Waals surface area contributed by atoms with Gasteiger partial charge in [-0.05, 0) is 54.2 Å². The smallest absolute Gasteiger partial charge is 0.178 e. The van der Waals surface area contributed by atoms with E-state index in [1.807, 2.05) is 0 Å². The van der Waals surface area contributed by atoms with Gasteiger partial charge < -0.3 is 9.55 Å². The number of aryl methyl sites for hydroxylation is 1. The van der Waals surface area contributed by atoms with Gasteiger partial charge in [-0.3, -0.25) is 0 Å². The summed E-state index contributed by atoms with van der Waals surface area (Å²) in [5.41, 5.74) is 3.57. The molecule has 1 unspecified atom stereocenters. The summed E-state index contributed by atoms with van der Waals surface area (Å²) in [5.74, 6) is 0.486. The molecule has 1 N–H and O–H groups in total. The van der Waals surface area contributed by atoms with E-state index in [1.165, 1.54) is 16.0 Å². The zero-order valence-corrected chi connectivity index (χ0v) is 13.5. The van der Waals surface area contributed by atoms with E-state index in [0.29, 0.717) is 5.92 Å². The highest BCUT2D eigenvalue weighted by atomic mass is 32.1. The monoisotopic (exact) mass is 302 g/mol. The van der Waals surface area contributed by atoms with Crippen molar-refractivity contribution in [2.45, 2.75) is 26.8 Å². The van der Waals surface area contributed by atoms with Crippen molar-refractivity contribution in [3.63, 3.8) is 0 Å². The Morgan fingerprint density at radius 1 is 1.25 bits per heavy atom. The third kappa shape index (κ3) is 2.23. The van der Waals surface area contributed by atoms with Crippen LogP contribution in [-0.4, -0.2) is 9.55 Å². The van der Waals surface area contributed by atoms with E-state index in [0.717, 1.165) is 10.3 Å². The Hall–Kier alpha value is -1.39. The first kappa shape index (κ1) is 13.6. The van der Waals surface area contributed by atoms with Crippen LogP contribution in [-0.2, 0) is 0 Å². The fourth-order valence-electron chi connectivity index (χ4n) is 2.72. The van der Waals surface area contributed by atoms with Crippen LogP contribution in [0, 0.1) is 17.6 Å². The third-order valence-corrected chi connectivity index (χ3v) is 4.86. The van der Waals surface area contributed by atoms with Crippen LogP contribution in [0.2, 0.25) is 0 Å². The maximum Gasteiger partial charge on any atom is 0.178 e. The molecule has 0 saturated heterocycles. The van der Waals surface area contributed by atoms with E-state index in [-0.39, 0.29) is 6.04 Å². The highest BCUT2D eigenvalue weighted by Gasteiger charge is 2.21. The van der Waals surface area contributed by atoms with Crippen LogP contribution in [0.4, 0.5) is 0 Å². The lowest BCUT2D eigenvalue weighted by molar-refractivity contribution is 0.449. The Morgan fingerprint density at radius 3 is 2.70 bits per heavy atom. The lowest BCUT2D eigenvalue weighted by Crippen LogP contribution is -2.15. The number of hydrogen-bond acceptors (Lipinski definition) is 2. The summed E-state index contributed by atoms with van der Waals surface area (Å²) < 4.78 is 3.08. The van der Waals surface area contributed by atoms with Crippen LogP contribution in [0.5, 0.6) is 0 Å². The minimum Gasteiger partial charge on any atom is -0.331 e. The van der Waals surface area contributed by atoms with Gasteiger partial charge in [0.1, 0.15) is 0 Å². The Morgan fingerprint density at radius 2 is 2.05 bits per heavy atom. The Labute approximate surface area is 128 Å². The van der Waals surface area contributed by atoms with Gasteiger partial charge >= 0.3 is 0 Å². The molecule has 0 bridgehead atoms. The predicted octanol–water partition coefficient (Wildman–Crippen LogP) is 5.31. The molecule has 1 atom stereocenters. The predicted molar refractivity (Wildman–Crippen MR) is 89.2 cm³/mol. The molecule has 3 aromatic rings. The molecule has 0 radical (unpaired) electrons. The number of fused-ring (bicyclic) bond motifs is 1. The molecular formula is C16H18N2S2. The number of aromatic nitrogens is 2. The molecule has 0 amide bonds. The van der Waals surface area contributed by atoms with Gasteiger partial charge in [-0.1, -0.05) is 26.0 Å². The van der Waals surface area contributed by atoms with Crippen LogP contribution in [0.25, 0.3) is 11.0 Å². The van der Waals surface area contributed by atoms with Crippen molar-refractivity contribution in [2.24, 2.45) is 5.92 Å². The Kier molecular flexibility index (Phi) is 3.52. The van der Waals surface area contributed by atoms with E-state index >= 15 is 0 Å². The van der Waals surface area contributed by atoms with Gasteiger partial charge in [0.2, 0.25) is 0 Å². The average Bonchev–Trinajstić information content (AvgIpc) is 3.00. The van der Waals surface area contributed by atoms with Crippen molar-refractivity contribution in [1.82, 2.24) is 9.55 Å². The van der Waals surface area contributed by atoms with Crippen LogP contribution < -0.4 is 0 Å². The number of nitrogens with zero attached hydrogens (tertiary/aromatic N) is 1. The lowest BCUT2D eigenvalue weighted by atomic mass is 10.0. The maximum absolute atomic E-state index is 5.58. The van der Waals surface area contributed by atoms with Crippen molar-refractivity contribution in [1.29, 1.82) is 0 Å². The van der Waals surface area contributed by atoms with Gasteiger partial charge in [0, 0.05) is 4.88 Å². The number of aromatic amines is 1. The summed E-state index contributed by atoms with van der Waals surface area (Å²) >= 11 is 7.38. The number of nitrogens with one attached hydrogen (secondary N) is 1. The number of thiophene rings is 1.